The van der Waals surface area contributed by atoms with Crippen LogP contribution in [0.2, 0.25) is 0 Å². The maximum atomic E-state index is 14.7. The normalized spacial score (nSPS) is 20.9. The van der Waals surface area contributed by atoms with E-state index in [0.29, 0.717) is 24.2 Å². The van der Waals surface area contributed by atoms with Gasteiger partial charge in [-0.3, -0.25) is 9.88 Å². The molecule has 35 heavy (non-hydrogen) atoms. The topological polar surface area (TPSA) is 127 Å². The average Bonchev–Trinajstić information content (AvgIpc) is 3.17. The van der Waals surface area contributed by atoms with E-state index in [-0.39, 0.29) is 18.1 Å². The van der Waals surface area contributed by atoms with Crippen molar-refractivity contribution in [3.63, 3.8) is 0 Å². The van der Waals surface area contributed by atoms with Gasteiger partial charge < -0.3 is 14.7 Å². The molecule has 1 aliphatic heterocycles. The van der Waals surface area contributed by atoms with Gasteiger partial charge in [0.1, 0.15) is 17.0 Å². The van der Waals surface area contributed by atoms with Crippen LogP contribution in [0.25, 0.3) is 0 Å². The molecule has 1 atom stereocenters. The number of aliphatic carboxylic acids is 1. The molecule has 3 heterocycles. The van der Waals surface area contributed by atoms with Crippen LogP contribution in [0.15, 0.2) is 42.3 Å². The third-order valence-electron chi connectivity index (χ3n) is 6.11. The molecule has 2 aliphatic rings. The minimum Gasteiger partial charge on any atom is -0.475 e. The molecular weight excluding hydrogens is 457 g/mol. The molecule has 1 saturated carbocycles. The Kier molecular flexibility index (Phi) is 6.22. The van der Waals surface area contributed by atoms with E-state index in [4.69, 9.17) is 14.7 Å². The molecule has 2 aromatic rings. The summed E-state index contributed by atoms with van der Waals surface area (Å²) in [6.45, 7) is 7.08. The summed E-state index contributed by atoms with van der Waals surface area (Å²) < 4.78 is 20.3. The van der Waals surface area contributed by atoms with Gasteiger partial charge >= 0.3 is 12.1 Å². The number of carbonyl (C=O) groups is 2. The minimum absolute atomic E-state index is 0.117. The molecule has 1 fully saturated rings. The molecule has 0 radical (unpaired) electrons. The summed E-state index contributed by atoms with van der Waals surface area (Å²) >= 11 is 0. The standard InChI is InChI=1S/C24H28FN5O5/c1-22(2,3)34-21(33)30(14-24(10-6-11-24)19-15(25)7-5-12-26-19)18-9-8-17(27-28-18)23(4)13-16(20(31)32)35-29-23/h5,7-9,12-13,29H,6,10-11,14H2,1-4H3,(H,31,32). The molecule has 11 heteroatoms. The van der Waals surface area contributed by atoms with Gasteiger partial charge in [0.2, 0.25) is 5.76 Å². The van der Waals surface area contributed by atoms with Crippen LogP contribution in [0.1, 0.15) is 58.3 Å². The Hall–Kier alpha value is -3.60. The molecule has 2 N–H and O–H groups in total. The Labute approximate surface area is 202 Å². The highest BCUT2D eigenvalue weighted by Gasteiger charge is 2.45. The van der Waals surface area contributed by atoms with Gasteiger partial charge in [-0.25, -0.2) is 14.0 Å². The lowest BCUT2D eigenvalue weighted by atomic mass is 9.66. The maximum absolute atomic E-state index is 14.7. The van der Waals surface area contributed by atoms with Gasteiger partial charge in [-0.05, 0) is 70.9 Å². The molecule has 2 aromatic heterocycles. The van der Waals surface area contributed by atoms with Gasteiger partial charge in [0, 0.05) is 18.2 Å². The van der Waals surface area contributed by atoms with Crippen molar-refractivity contribution >= 4 is 17.9 Å². The molecule has 4 rings (SSSR count). The second-order valence-corrected chi connectivity index (χ2v) is 10.0. The summed E-state index contributed by atoms with van der Waals surface area (Å²) in [6.07, 6.45) is 4.50. The van der Waals surface area contributed by atoms with E-state index in [2.05, 4.69) is 20.7 Å². The summed E-state index contributed by atoms with van der Waals surface area (Å²) in [4.78, 5) is 35.1. The first kappa shape index (κ1) is 24.5. The molecule has 0 bridgehead atoms. The van der Waals surface area contributed by atoms with E-state index < -0.39 is 34.4 Å². The first-order valence-electron chi connectivity index (χ1n) is 11.3. The average molecular weight is 486 g/mol. The van der Waals surface area contributed by atoms with E-state index in [1.165, 1.54) is 23.1 Å². The highest BCUT2D eigenvalue weighted by atomic mass is 19.1. The monoisotopic (exact) mass is 485 g/mol. The minimum atomic E-state index is -1.21. The fourth-order valence-electron chi connectivity index (χ4n) is 4.17. The van der Waals surface area contributed by atoms with Crippen molar-refractivity contribution in [1.82, 2.24) is 20.7 Å². The van der Waals surface area contributed by atoms with Crippen LogP contribution < -0.4 is 10.4 Å². The summed E-state index contributed by atoms with van der Waals surface area (Å²) in [5.74, 6) is -1.66. The van der Waals surface area contributed by atoms with Crippen molar-refractivity contribution in [2.45, 2.75) is 63.5 Å². The number of aromatic nitrogens is 3. The number of amides is 1. The van der Waals surface area contributed by atoms with E-state index in [0.717, 1.165) is 6.42 Å². The lowest BCUT2D eigenvalue weighted by Crippen LogP contribution is -2.50. The number of carboxylic acids is 1. The highest BCUT2D eigenvalue weighted by Crippen LogP contribution is 2.45. The van der Waals surface area contributed by atoms with Gasteiger partial charge in [0.15, 0.2) is 5.82 Å². The van der Waals surface area contributed by atoms with Crippen LogP contribution >= 0.6 is 0 Å². The second-order valence-electron chi connectivity index (χ2n) is 10.0. The molecule has 1 unspecified atom stereocenters. The number of nitrogens with one attached hydrogen (secondary N) is 1. The van der Waals surface area contributed by atoms with Crippen LogP contribution in [0.3, 0.4) is 0 Å². The largest absolute Gasteiger partial charge is 0.475 e. The van der Waals surface area contributed by atoms with E-state index in [1.54, 1.807) is 46.0 Å². The predicted molar refractivity (Wildman–Crippen MR) is 123 cm³/mol. The molecule has 1 aliphatic carbocycles. The van der Waals surface area contributed by atoms with Crippen molar-refractivity contribution in [2.75, 3.05) is 11.4 Å². The smallest absolute Gasteiger partial charge is 0.416 e. The zero-order valence-electron chi connectivity index (χ0n) is 20.0. The molecular formula is C24H28FN5O5. The number of hydrogen-bond acceptors (Lipinski definition) is 8. The number of hydrogen-bond donors (Lipinski definition) is 2. The van der Waals surface area contributed by atoms with Crippen LogP contribution in [0.5, 0.6) is 0 Å². The number of halogens is 1. The predicted octanol–water partition coefficient (Wildman–Crippen LogP) is 3.59. The number of carboxylic acid groups (broad SMARTS) is 1. The number of pyridine rings is 1. The zero-order valence-corrected chi connectivity index (χ0v) is 20.0. The fraction of sp³-hybridized carbons (Fsp3) is 0.458. The Balaban J connectivity index is 1.67. The van der Waals surface area contributed by atoms with Crippen molar-refractivity contribution in [1.29, 1.82) is 0 Å². The SMILES string of the molecule is CC(C)(C)OC(=O)N(CC1(c2ncccc2F)CCC1)c1ccc(C2(C)C=C(C(=O)O)ON2)nn1. The molecule has 0 spiro atoms. The summed E-state index contributed by atoms with van der Waals surface area (Å²) in [5.41, 5.74) is 0.877. The first-order valence-corrected chi connectivity index (χ1v) is 11.3. The third-order valence-corrected chi connectivity index (χ3v) is 6.11. The van der Waals surface area contributed by atoms with E-state index in [9.17, 15) is 14.0 Å². The number of anilines is 1. The molecule has 10 nitrogen and oxygen atoms in total. The van der Waals surface area contributed by atoms with Gasteiger partial charge in [0.25, 0.3) is 0 Å². The van der Waals surface area contributed by atoms with Gasteiger partial charge in [-0.15, -0.1) is 10.6 Å². The van der Waals surface area contributed by atoms with Crippen LogP contribution in [-0.4, -0.2) is 44.5 Å². The van der Waals surface area contributed by atoms with Crippen LogP contribution in [0.4, 0.5) is 15.0 Å². The van der Waals surface area contributed by atoms with Crippen molar-refractivity contribution in [2.24, 2.45) is 0 Å². The number of rotatable bonds is 6. The zero-order chi connectivity index (χ0) is 25.4. The first-order chi connectivity index (χ1) is 16.4. The van der Waals surface area contributed by atoms with E-state index >= 15 is 0 Å². The van der Waals surface area contributed by atoms with Crippen LogP contribution in [-0.2, 0) is 25.3 Å². The van der Waals surface area contributed by atoms with Crippen molar-refractivity contribution < 1.29 is 28.7 Å². The Morgan fingerprint density at radius 1 is 1.26 bits per heavy atom. The third kappa shape index (κ3) is 4.95. The van der Waals surface area contributed by atoms with E-state index in [1.807, 2.05) is 0 Å². The van der Waals surface area contributed by atoms with Gasteiger partial charge in [-0.2, -0.15) is 5.10 Å². The number of carbonyl (C=O) groups excluding carboxylic acids is 1. The van der Waals surface area contributed by atoms with Crippen molar-refractivity contribution in [3.05, 3.63) is 59.5 Å². The Morgan fingerprint density at radius 3 is 2.51 bits per heavy atom. The van der Waals surface area contributed by atoms with Gasteiger partial charge in [0.05, 0.1) is 11.4 Å². The number of nitrogens with zero attached hydrogens (tertiary/aromatic N) is 4. The summed E-state index contributed by atoms with van der Waals surface area (Å²) in [7, 11) is 0. The maximum Gasteiger partial charge on any atom is 0.416 e. The number of ether oxygens (including phenoxy) is 1. The second kappa shape index (κ2) is 8.88. The lowest BCUT2D eigenvalue weighted by molar-refractivity contribution is -0.137. The molecule has 1 amide bonds. The fourth-order valence-corrected chi connectivity index (χ4v) is 4.17. The molecule has 186 valence electrons. The Bertz CT molecular complexity index is 1160. The van der Waals surface area contributed by atoms with Crippen LogP contribution in [0, 0.1) is 5.82 Å². The quantitative estimate of drug-likeness (QED) is 0.631. The highest BCUT2D eigenvalue weighted by molar-refractivity contribution is 5.87. The Morgan fingerprint density at radius 2 is 2.00 bits per heavy atom. The summed E-state index contributed by atoms with van der Waals surface area (Å²) in [5, 5.41) is 17.6. The molecule has 0 saturated heterocycles. The van der Waals surface area contributed by atoms with Crippen molar-refractivity contribution in [3.8, 4) is 0 Å². The number of hydroxylamine groups is 1. The summed E-state index contributed by atoms with van der Waals surface area (Å²) in [6, 6.07) is 6.11. The van der Waals surface area contributed by atoms with Gasteiger partial charge in [-0.1, -0.05) is 6.42 Å². The molecule has 0 aromatic carbocycles. The lowest BCUT2D eigenvalue weighted by Gasteiger charge is -2.44.